The van der Waals surface area contributed by atoms with Crippen molar-refractivity contribution < 1.29 is 4.79 Å². The third-order valence-corrected chi connectivity index (χ3v) is 7.09. The van der Waals surface area contributed by atoms with Crippen molar-refractivity contribution in [2.24, 2.45) is 12.5 Å². The molecule has 1 aliphatic heterocycles. The number of fused-ring (bicyclic) bond motifs is 1. The molecule has 0 unspecified atom stereocenters. The molecule has 0 bridgehead atoms. The maximum absolute atomic E-state index is 12.7. The third-order valence-electron chi connectivity index (χ3n) is 7.09. The van der Waals surface area contributed by atoms with Gasteiger partial charge in [-0.15, -0.1) is 0 Å². The molecule has 178 valence electrons. The van der Waals surface area contributed by atoms with Crippen LogP contribution in [0.2, 0.25) is 0 Å². The molecule has 6 rings (SSSR count). The standard InChI is InChI=1S/C26H23N9O/c1-32-15-21(14-30-32)19-10-22(24-20(11-27)13-31-35(24)16-19)18-2-3-23(29-12-18)33-6-8-34(9-7-33)25(36)26(17-28)4-5-26/h2-3,10,12-16H,4-9H2,1H3. The van der Waals surface area contributed by atoms with Gasteiger partial charge < -0.3 is 9.80 Å². The fourth-order valence-electron chi connectivity index (χ4n) is 4.82. The average molecular weight is 478 g/mol. The van der Waals surface area contributed by atoms with E-state index in [1.807, 2.05) is 48.7 Å². The molecule has 5 heterocycles. The van der Waals surface area contributed by atoms with E-state index < -0.39 is 5.41 Å². The van der Waals surface area contributed by atoms with Crippen molar-refractivity contribution in [2.75, 3.05) is 31.1 Å². The number of amides is 1. The van der Waals surface area contributed by atoms with Gasteiger partial charge >= 0.3 is 0 Å². The molecule has 1 amide bonds. The Bertz CT molecular complexity index is 1560. The van der Waals surface area contributed by atoms with Crippen LogP contribution >= 0.6 is 0 Å². The molecular weight excluding hydrogens is 454 g/mol. The van der Waals surface area contributed by atoms with E-state index in [-0.39, 0.29) is 5.91 Å². The zero-order valence-electron chi connectivity index (χ0n) is 19.8. The molecule has 0 atom stereocenters. The molecule has 1 saturated heterocycles. The molecule has 10 heteroatoms. The molecule has 0 spiro atoms. The summed E-state index contributed by atoms with van der Waals surface area (Å²) >= 11 is 0. The normalized spacial score (nSPS) is 16.5. The summed E-state index contributed by atoms with van der Waals surface area (Å²) in [5.41, 5.74) is 4.10. The summed E-state index contributed by atoms with van der Waals surface area (Å²) in [6, 6.07) is 10.5. The van der Waals surface area contributed by atoms with Gasteiger partial charge in [0.25, 0.3) is 0 Å². The van der Waals surface area contributed by atoms with E-state index >= 15 is 0 Å². The molecule has 1 saturated carbocycles. The van der Waals surface area contributed by atoms with Crippen LogP contribution in [0.1, 0.15) is 18.4 Å². The minimum absolute atomic E-state index is 0.0282. The Balaban J connectivity index is 1.27. The summed E-state index contributed by atoms with van der Waals surface area (Å²) in [5.74, 6) is 0.806. The van der Waals surface area contributed by atoms with Crippen LogP contribution in [0.4, 0.5) is 5.82 Å². The molecule has 1 aliphatic carbocycles. The lowest BCUT2D eigenvalue weighted by molar-refractivity contribution is -0.135. The number of nitriles is 2. The van der Waals surface area contributed by atoms with Gasteiger partial charge in [0.2, 0.25) is 5.91 Å². The molecule has 10 nitrogen and oxygen atoms in total. The summed E-state index contributed by atoms with van der Waals surface area (Å²) in [7, 11) is 1.87. The summed E-state index contributed by atoms with van der Waals surface area (Å²) < 4.78 is 3.48. The van der Waals surface area contributed by atoms with Crippen LogP contribution in [-0.2, 0) is 11.8 Å². The summed E-state index contributed by atoms with van der Waals surface area (Å²) in [5, 5.41) is 27.6. The maximum Gasteiger partial charge on any atom is 0.243 e. The first-order valence-corrected chi connectivity index (χ1v) is 11.8. The first-order valence-electron chi connectivity index (χ1n) is 11.8. The number of aryl methyl sites for hydroxylation is 1. The van der Waals surface area contributed by atoms with Gasteiger partial charge in [0, 0.05) is 74.1 Å². The SMILES string of the molecule is Cn1cc(-c2cc(-c3ccc(N4CCN(C(=O)C5(C#N)CC5)CC4)nc3)c3c(C#N)cnn3c2)cn1. The van der Waals surface area contributed by atoms with E-state index in [1.165, 1.54) is 0 Å². The highest BCUT2D eigenvalue weighted by atomic mass is 16.2. The second-order valence-corrected chi connectivity index (χ2v) is 9.39. The molecule has 36 heavy (non-hydrogen) atoms. The number of rotatable bonds is 4. The first-order chi connectivity index (χ1) is 17.5. The number of carbonyl (C=O) groups is 1. The topological polar surface area (TPSA) is 119 Å². The zero-order chi connectivity index (χ0) is 24.9. The molecule has 4 aromatic rings. The van der Waals surface area contributed by atoms with E-state index in [2.05, 4.69) is 27.2 Å². The van der Waals surface area contributed by atoms with Crippen LogP contribution in [0.15, 0.2) is 49.2 Å². The van der Waals surface area contributed by atoms with E-state index in [0.29, 0.717) is 44.6 Å². The quantitative estimate of drug-likeness (QED) is 0.443. The summed E-state index contributed by atoms with van der Waals surface area (Å²) in [6.07, 6.45) is 10.4. The number of hydrogen-bond acceptors (Lipinski definition) is 7. The maximum atomic E-state index is 12.7. The molecule has 0 N–H and O–H groups in total. The molecule has 4 aromatic heterocycles. The largest absolute Gasteiger partial charge is 0.353 e. The minimum atomic E-state index is -0.770. The highest BCUT2D eigenvalue weighted by Gasteiger charge is 2.52. The molecular formula is C26H23N9O. The van der Waals surface area contributed by atoms with Crippen molar-refractivity contribution in [3.05, 3.63) is 54.7 Å². The fourth-order valence-corrected chi connectivity index (χ4v) is 4.82. The molecule has 0 aromatic carbocycles. The summed E-state index contributed by atoms with van der Waals surface area (Å²) in [4.78, 5) is 21.3. The second-order valence-electron chi connectivity index (χ2n) is 9.39. The average Bonchev–Trinajstić information content (AvgIpc) is 3.42. The Kier molecular flexibility index (Phi) is 4.97. The minimum Gasteiger partial charge on any atom is -0.353 e. The number of anilines is 1. The molecule has 0 radical (unpaired) electrons. The Labute approximate surface area is 207 Å². The number of aromatic nitrogens is 5. The van der Waals surface area contributed by atoms with Gasteiger partial charge in [-0.05, 0) is 31.0 Å². The number of hydrogen-bond donors (Lipinski definition) is 0. The van der Waals surface area contributed by atoms with Crippen molar-refractivity contribution in [1.29, 1.82) is 10.5 Å². The van der Waals surface area contributed by atoms with Gasteiger partial charge in [0.15, 0.2) is 0 Å². The van der Waals surface area contributed by atoms with Gasteiger partial charge in [-0.25, -0.2) is 9.50 Å². The lowest BCUT2D eigenvalue weighted by atomic mass is 10.0. The first kappa shape index (κ1) is 21.8. The van der Waals surface area contributed by atoms with E-state index in [4.69, 9.17) is 4.98 Å². The Morgan fingerprint density at radius 3 is 2.39 bits per heavy atom. The van der Waals surface area contributed by atoms with Crippen molar-refractivity contribution >= 4 is 17.2 Å². The van der Waals surface area contributed by atoms with Crippen LogP contribution in [0.5, 0.6) is 0 Å². The van der Waals surface area contributed by atoms with Crippen LogP contribution in [-0.4, -0.2) is 61.4 Å². The van der Waals surface area contributed by atoms with Gasteiger partial charge in [0.05, 0.1) is 29.5 Å². The lowest BCUT2D eigenvalue weighted by Crippen LogP contribution is -2.51. The van der Waals surface area contributed by atoms with Crippen LogP contribution in [0.3, 0.4) is 0 Å². The highest BCUT2D eigenvalue weighted by Crippen LogP contribution is 2.46. The van der Waals surface area contributed by atoms with Gasteiger partial charge in [-0.2, -0.15) is 20.7 Å². The Hall–Kier alpha value is -4.70. The van der Waals surface area contributed by atoms with E-state index in [1.54, 1.807) is 21.6 Å². The van der Waals surface area contributed by atoms with Crippen LogP contribution in [0.25, 0.3) is 27.8 Å². The Morgan fingerprint density at radius 1 is 0.972 bits per heavy atom. The number of carbonyl (C=O) groups excluding carboxylic acids is 1. The van der Waals surface area contributed by atoms with Crippen molar-refractivity contribution in [3.63, 3.8) is 0 Å². The highest BCUT2D eigenvalue weighted by molar-refractivity contribution is 5.89. The van der Waals surface area contributed by atoms with Gasteiger partial charge in [0.1, 0.15) is 17.3 Å². The number of piperazine rings is 1. The molecule has 2 aliphatic rings. The lowest BCUT2D eigenvalue weighted by Gasteiger charge is -2.36. The predicted octanol–water partition coefficient (Wildman–Crippen LogP) is 2.62. The van der Waals surface area contributed by atoms with Crippen molar-refractivity contribution in [1.82, 2.24) is 29.3 Å². The van der Waals surface area contributed by atoms with Crippen LogP contribution < -0.4 is 4.90 Å². The zero-order valence-corrected chi connectivity index (χ0v) is 19.8. The number of nitrogens with zero attached hydrogens (tertiary/aromatic N) is 9. The molecule has 2 fully saturated rings. The predicted molar refractivity (Wildman–Crippen MR) is 131 cm³/mol. The number of pyridine rings is 2. The van der Waals surface area contributed by atoms with Crippen LogP contribution in [0, 0.1) is 28.1 Å². The fraction of sp³-hybridized carbons (Fsp3) is 0.308. The Morgan fingerprint density at radius 2 is 1.78 bits per heavy atom. The second kappa shape index (κ2) is 8.21. The smallest absolute Gasteiger partial charge is 0.243 e. The summed E-state index contributed by atoms with van der Waals surface area (Å²) in [6.45, 7) is 2.50. The third kappa shape index (κ3) is 3.55. The van der Waals surface area contributed by atoms with Gasteiger partial charge in [-0.1, -0.05) is 0 Å². The van der Waals surface area contributed by atoms with Crippen molar-refractivity contribution in [3.8, 4) is 34.4 Å². The van der Waals surface area contributed by atoms with Crippen molar-refractivity contribution in [2.45, 2.75) is 12.8 Å². The van der Waals surface area contributed by atoms with Gasteiger partial charge in [-0.3, -0.25) is 9.48 Å². The van der Waals surface area contributed by atoms with E-state index in [0.717, 1.165) is 33.6 Å². The van der Waals surface area contributed by atoms with E-state index in [9.17, 15) is 15.3 Å². The monoisotopic (exact) mass is 477 g/mol.